The van der Waals surface area contributed by atoms with Gasteiger partial charge in [0.05, 0.1) is 5.02 Å². The van der Waals surface area contributed by atoms with Crippen LogP contribution < -0.4 is 16.6 Å². The Balaban J connectivity index is 1.84. The summed E-state index contributed by atoms with van der Waals surface area (Å²) in [5.41, 5.74) is 10.5. The average Bonchev–Trinajstić information content (AvgIpc) is 2.54. The van der Waals surface area contributed by atoms with Crippen molar-refractivity contribution in [3.05, 3.63) is 29.0 Å². The molecule has 0 saturated heterocycles. The maximum Gasteiger partial charge on any atom is 0.268 e. The lowest BCUT2D eigenvalue weighted by Gasteiger charge is -2.26. The van der Waals surface area contributed by atoms with Crippen LogP contribution in [0.5, 0.6) is 0 Å². The number of amides is 1. The quantitative estimate of drug-likeness (QED) is 0.598. The number of hydrazine groups is 1. The maximum absolute atomic E-state index is 13.6. The molecule has 5 nitrogen and oxygen atoms in total. The molecule has 0 bridgehead atoms. The molecule has 0 radical (unpaired) electrons. The van der Waals surface area contributed by atoms with E-state index in [-0.39, 0.29) is 10.7 Å². The van der Waals surface area contributed by atoms with Gasteiger partial charge in [-0.2, -0.15) is 0 Å². The SMILES string of the molecule is N[C@H](CC1CCCCC1)C(O)C(=O)NNc1c(F)cccc1Cl. The van der Waals surface area contributed by atoms with Crippen molar-refractivity contribution in [2.24, 2.45) is 11.7 Å². The summed E-state index contributed by atoms with van der Waals surface area (Å²) in [6, 6.07) is 3.52. The van der Waals surface area contributed by atoms with Crippen LogP contribution in [0.15, 0.2) is 18.2 Å². The average molecular weight is 344 g/mol. The molecule has 23 heavy (non-hydrogen) atoms. The first kappa shape index (κ1) is 18.0. The van der Waals surface area contributed by atoms with Crippen molar-refractivity contribution in [1.82, 2.24) is 5.43 Å². The molecule has 1 unspecified atom stereocenters. The van der Waals surface area contributed by atoms with E-state index in [9.17, 15) is 14.3 Å². The molecule has 0 spiro atoms. The highest BCUT2D eigenvalue weighted by Crippen LogP contribution is 2.27. The lowest BCUT2D eigenvalue weighted by Crippen LogP contribution is -2.48. The van der Waals surface area contributed by atoms with Gasteiger partial charge in [0.1, 0.15) is 17.6 Å². The molecule has 1 saturated carbocycles. The molecule has 1 aromatic carbocycles. The summed E-state index contributed by atoms with van der Waals surface area (Å²) in [6.45, 7) is 0. The summed E-state index contributed by atoms with van der Waals surface area (Å²) in [6.07, 6.45) is 5.02. The molecule has 1 aliphatic rings. The number of hydrogen-bond acceptors (Lipinski definition) is 4. The standard InChI is InChI=1S/C16H23ClFN3O2/c17-11-7-4-8-12(18)14(11)20-21-16(23)15(22)13(19)9-10-5-2-1-3-6-10/h4,7-8,10,13,15,20,22H,1-3,5-6,9,19H2,(H,21,23)/t13-,15?/m1/s1. The minimum atomic E-state index is -1.35. The Morgan fingerprint density at radius 3 is 2.74 bits per heavy atom. The highest BCUT2D eigenvalue weighted by molar-refractivity contribution is 6.33. The van der Waals surface area contributed by atoms with Crippen molar-refractivity contribution < 1.29 is 14.3 Å². The third-order valence-corrected chi connectivity index (χ3v) is 4.59. The van der Waals surface area contributed by atoms with Gasteiger partial charge in [0.25, 0.3) is 5.91 Å². The van der Waals surface area contributed by atoms with E-state index in [0.29, 0.717) is 12.3 Å². The van der Waals surface area contributed by atoms with Gasteiger partial charge in [-0.25, -0.2) is 4.39 Å². The Kier molecular flexibility index (Phi) is 6.62. The van der Waals surface area contributed by atoms with Crippen LogP contribution in [0.1, 0.15) is 38.5 Å². The lowest BCUT2D eigenvalue weighted by atomic mass is 9.84. The van der Waals surface area contributed by atoms with Crippen molar-refractivity contribution in [2.75, 3.05) is 5.43 Å². The van der Waals surface area contributed by atoms with E-state index in [4.69, 9.17) is 17.3 Å². The fourth-order valence-corrected chi connectivity index (χ4v) is 3.16. The number of rotatable bonds is 6. The van der Waals surface area contributed by atoms with Gasteiger partial charge in [-0.15, -0.1) is 0 Å². The largest absolute Gasteiger partial charge is 0.382 e. The lowest BCUT2D eigenvalue weighted by molar-refractivity contribution is -0.130. The molecule has 0 aliphatic heterocycles. The zero-order valence-electron chi connectivity index (χ0n) is 12.9. The molecule has 1 amide bonds. The number of para-hydroxylation sites is 1. The predicted molar refractivity (Wildman–Crippen MR) is 88.3 cm³/mol. The van der Waals surface area contributed by atoms with Crippen LogP contribution in [-0.2, 0) is 4.79 Å². The van der Waals surface area contributed by atoms with Gasteiger partial charge in [-0.1, -0.05) is 49.8 Å². The Morgan fingerprint density at radius 1 is 1.39 bits per heavy atom. The van der Waals surface area contributed by atoms with E-state index in [1.165, 1.54) is 37.5 Å². The molecule has 2 rings (SSSR count). The first-order valence-electron chi connectivity index (χ1n) is 7.92. The first-order valence-corrected chi connectivity index (χ1v) is 8.30. The van der Waals surface area contributed by atoms with E-state index < -0.39 is 23.9 Å². The van der Waals surface area contributed by atoms with Crippen molar-refractivity contribution in [1.29, 1.82) is 0 Å². The number of benzene rings is 1. The zero-order chi connectivity index (χ0) is 16.8. The van der Waals surface area contributed by atoms with E-state index in [0.717, 1.165) is 12.8 Å². The van der Waals surface area contributed by atoms with Gasteiger partial charge in [0, 0.05) is 6.04 Å². The molecule has 0 heterocycles. The van der Waals surface area contributed by atoms with Crippen LogP contribution in [0.2, 0.25) is 5.02 Å². The minimum Gasteiger partial charge on any atom is -0.382 e. The Labute approximate surface area is 140 Å². The maximum atomic E-state index is 13.6. The van der Waals surface area contributed by atoms with Crippen LogP contribution in [-0.4, -0.2) is 23.2 Å². The summed E-state index contributed by atoms with van der Waals surface area (Å²) in [5, 5.41) is 10.2. The van der Waals surface area contributed by atoms with Crippen LogP contribution in [0.3, 0.4) is 0 Å². The van der Waals surface area contributed by atoms with E-state index >= 15 is 0 Å². The number of nitrogens with one attached hydrogen (secondary N) is 2. The minimum absolute atomic E-state index is 0.0458. The molecule has 1 aliphatic carbocycles. The zero-order valence-corrected chi connectivity index (χ0v) is 13.7. The number of nitrogens with two attached hydrogens (primary N) is 1. The van der Waals surface area contributed by atoms with E-state index in [1.807, 2.05) is 0 Å². The van der Waals surface area contributed by atoms with E-state index in [2.05, 4.69) is 10.9 Å². The summed E-state index contributed by atoms with van der Waals surface area (Å²) >= 11 is 5.84. The predicted octanol–water partition coefficient (Wildman–Crippen LogP) is 2.58. The number of halogens is 2. The van der Waals surface area contributed by atoms with Gasteiger partial charge < -0.3 is 10.8 Å². The highest BCUT2D eigenvalue weighted by Gasteiger charge is 2.26. The van der Waals surface area contributed by atoms with E-state index in [1.54, 1.807) is 0 Å². The summed E-state index contributed by atoms with van der Waals surface area (Å²) in [4.78, 5) is 12.0. The molecule has 7 heteroatoms. The highest BCUT2D eigenvalue weighted by atomic mass is 35.5. The Bertz CT molecular complexity index is 518. The summed E-state index contributed by atoms with van der Waals surface area (Å²) in [5.74, 6) is -0.846. The molecular weight excluding hydrogens is 321 g/mol. The fourth-order valence-electron chi connectivity index (χ4n) is 2.95. The second kappa shape index (κ2) is 8.47. The van der Waals surface area contributed by atoms with Crippen LogP contribution >= 0.6 is 11.6 Å². The molecule has 1 fully saturated rings. The van der Waals surface area contributed by atoms with Gasteiger partial charge >= 0.3 is 0 Å². The summed E-state index contributed by atoms with van der Waals surface area (Å²) < 4.78 is 13.6. The Morgan fingerprint density at radius 2 is 2.09 bits per heavy atom. The van der Waals surface area contributed by atoms with Crippen molar-refractivity contribution in [3.8, 4) is 0 Å². The van der Waals surface area contributed by atoms with Gasteiger partial charge in [-0.3, -0.25) is 15.6 Å². The second-order valence-electron chi connectivity index (χ2n) is 6.06. The van der Waals surface area contributed by atoms with Crippen molar-refractivity contribution in [3.63, 3.8) is 0 Å². The van der Waals surface area contributed by atoms with Gasteiger partial charge in [0.15, 0.2) is 0 Å². The van der Waals surface area contributed by atoms with Crippen molar-refractivity contribution in [2.45, 2.75) is 50.7 Å². The molecule has 0 aromatic heterocycles. The fraction of sp³-hybridized carbons (Fsp3) is 0.562. The number of hydrogen-bond donors (Lipinski definition) is 4. The van der Waals surface area contributed by atoms with Crippen LogP contribution in [0.4, 0.5) is 10.1 Å². The number of aliphatic hydroxyl groups is 1. The normalized spacial score (nSPS) is 18.3. The molecule has 2 atom stereocenters. The van der Waals surface area contributed by atoms with Gasteiger partial charge in [0.2, 0.25) is 0 Å². The first-order chi connectivity index (χ1) is 11.0. The smallest absolute Gasteiger partial charge is 0.268 e. The van der Waals surface area contributed by atoms with Crippen molar-refractivity contribution >= 4 is 23.2 Å². The van der Waals surface area contributed by atoms with Gasteiger partial charge in [-0.05, 0) is 24.5 Å². The van der Waals surface area contributed by atoms with Crippen LogP contribution in [0.25, 0.3) is 0 Å². The third-order valence-electron chi connectivity index (χ3n) is 4.28. The monoisotopic (exact) mass is 343 g/mol. The number of aliphatic hydroxyl groups excluding tert-OH is 1. The number of anilines is 1. The summed E-state index contributed by atoms with van der Waals surface area (Å²) in [7, 11) is 0. The molecular formula is C16H23ClFN3O2. The second-order valence-corrected chi connectivity index (χ2v) is 6.47. The third kappa shape index (κ3) is 5.06. The number of carbonyl (C=O) groups excluding carboxylic acids is 1. The molecule has 5 N–H and O–H groups in total. The Hall–Kier alpha value is -1.37. The topological polar surface area (TPSA) is 87.4 Å². The molecule has 1 aromatic rings. The molecule has 128 valence electrons. The van der Waals surface area contributed by atoms with Crippen LogP contribution in [0, 0.1) is 11.7 Å². The number of carbonyl (C=O) groups is 1.